The number of aldehydes is 1. The highest BCUT2D eigenvalue weighted by molar-refractivity contribution is 5.50. The Balaban J connectivity index is 2.32. The average Bonchev–Trinajstić information content (AvgIpc) is 2.59. The van der Waals surface area contributed by atoms with Crippen molar-refractivity contribution in [3.05, 3.63) is 12.2 Å². The van der Waals surface area contributed by atoms with Gasteiger partial charge in [0, 0.05) is 6.42 Å². The monoisotopic (exact) mass is 254 g/mol. The molecule has 1 heterocycles. The summed E-state index contributed by atoms with van der Waals surface area (Å²) in [4.78, 5) is 10.6. The molecule has 0 spiro atoms. The first-order valence-corrected chi connectivity index (χ1v) is 7.03. The van der Waals surface area contributed by atoms with Crippen LogP contribution >= 0.6 is 0 Å². The molecular weight excluding hydrogens is 228 g/mol. The van der Waals surface area contributed by atoms with E-state index in [0.29, 0.717) is 6.42 Å². The summed E-state index contributed by atoms with van der Waals surface area (Å²) in [7, 11) is 0. The molecule has 1 rings (SSSR count). The molecule has 3 heteroatoms. The summed E-state index contributed by atoms with van der Waals surface area (Å²) in [5.74, 6) is -0.561. The smallest absolute Gasteiger partial charge is 0.163 e. The molecule has 0 bridgehead atoms. The standard InChI is InChI=1S/C15H26O3/c1-4-5-6-7-8-9-10-13-14(11-12-16)18-15(2,3)17-13/h8-9,12-14H,4-7,10-11H2,1-3H3/b9-8-/t13-,14-/m1/s1. The fourth-order valence-corrected chi connectivity index (χ4v) is 2.26. The highest BCUT2D eigenvalue weighted by atomic mass is 16.7. The second kappa shape index (κ2) is 7.70. The van der Waals surface area contributed by atoms with Gasteiger partial charge in [0.2, 0.25) is 0 Å². The highest BCUT2D eigenvalue weighted by Crippen LogP contribution is 2.31. The molecule has 0 aliphatic carbocycles. The second-order valence-corrected chi connectivity index (χ2v) is 5.32. The first-order valence-electron chi connectivity index (χ1n) is 7.03. The van der Waals surface area contributed by atoms with Crippen molar-refractivity contribution >= 4 is 6.29 Å². The van der Waals surface area contributed by atoms with Crippen molar-refractivity contribution in [2.45, 2.75) is 77.3 Å². The largest absolute Gasteiger partial charge is 0.344 e. The van der Waals surface area contributed by atoms with E-state index in [1.165, 1.54) is 19.3 Å². The van der Waals surface area contributed by atoms with Crippen LogP contribution in [0.4, 0.5) is 0 Å². The Labute approximate surface area is 111 Å². The molecule has 0 aromatic rings. The Hall–Kier alpha value is -0.670. The quantitative estimate of drug-likeness (QED) is 0.377. The Bertz CT molecular complexity index is 271. The average molecular weight is 254 g/mol. The van der Waals surface area contributed by atoms with Crippen LogP contribution in [0.1, 0.15) is 59.3 Å². The maximum absolute atomic E-state index is 10.6. The van der Waals surface area contributed by atoms with Gasteiger partial charge in [0.1, 0.15) is 6.29 Å². The molecule has 0 amide bonds. The van der Waals surface area contributed by atoms with Gasteiger partial charge in [-0.3, -0.25) is 0 Å². The van der Waals surface area contributed by atoms with Crippen molar-refractivity contribution in [2.24, 2.45) is 0 Å². The van der Waals surface area contributed by atoms with Gasteiger partial charge < -0.3 is 14.3 Å². The predicted octanol–water partition coefficient (Wildman–Crippen LogP) is 3.62. The molecule has 1 saturated heterocycles. The molecule has 0 radical (unpaired) electrons. The Morgan fingerprint density at radius 3 is 2.33 bits per heavy atom. The second-order valence-electron chi connectivity index (χ2n) is 5.32. The summed E-state index contributed by atoms with van der Waals surface area (Å²) in [5.41, 5.74) is 0. The van der Waals surface area contributed by atoms with E-state index in [1.54, 1.807) is 0 Å². The van der Waals surface area contributed by atoms with Crippen LogP contribution in [0.3, 0.4) is 0 Å². The van der Waals surface area contributed by atoms with Gasteiger partial charge >= 0.3 is 0 Å². The first-order chi connectivity index (χ1) is 8.59. The van der Waals surface area contributed by atoms with Crippen LogP contribution in [-0.2, 0) is 14.3 Å². The van der Waals surface area contributed by atoms with E-state index in [1.807, 2.05) is 13.8 Å². The van der Waals surface area contributed by atoms with Crippen molar-refractivity contribution < 1.29 is 14.3 Å². The Morgan fingerprint density at radius 2 is 1.72 bits per heavy atom. The summed E-state index contributed by atoms with van der Waals surface area (Å²) in [6.07, 6.45) is 11.3. The minimum absolute atomic E-state index is 0.00706. The van der Waals surface area contributed by atoms with Gasteiger partial charge in [-0.1, -0.05) is 31.9 Å². The zero-order chi connectivity index (χ0) is 13.4. The van der Waals surface area contributed by atoms with Gasteiger partial charge in [-0.25, -0.2) is 0 Å². The fraction of sp³-hybridized carbons (Fsp3) is 0.800. The number of rotatable bonds is 8. The number of carbonyl (C=O) groups excluding carboxylic acids is 1. The van der Waals surface area contributed by atoms with Crippen molar-refractivity contribution in [1.82, 2.24) is 0 Å². The van der Waals surface area contributed by atoms with Crippen molar-refractivity contribution in [3.63, 3.8) is 0 Å². The maximum Gasteiger partial charge on any atom is 0.163 e. The van der Waals surface area contributed by atoms with Crippen LogP contribution in [0.2, 0.25) is 0 Å². The highest BCUT2D eigenvalue weighted by Gasteiger charge is 2.39. The third-order valence-corrected chi connectivity index (χ3v) is 3.12. The Morgan fingerprint density at radius 1 is 1.06 bits per heavy atom. The molecule has 0 saturated carbocycles. The molecule has 2 atom stereocenters. The van der Waals surface area contributed by atoms with Gasteiger partial charge in [-0.05, 0) is 33.1 Å². The van der Waals surface area contributed by atoms with Gasteiger partial charge in [0.15, 0.2) is 5.79 Å². The van der Waals surface area contributed by atoms with Crippen LogP contribution in [0.25, 0.3) is 0 Å². The summed E-state index contributed by atoms with van der Waals surface area (Å²) in [6.45, 7) is 6.01. The molecule has 3 nitrogen and oxygen atoms in total. The normalized spacial score (nSPS) is 26.8. The molecule has 1 aliphatic rings. The minimum Gasteiger partial charge on any atom is -0.344 e. The van der Waals surface area contributed by atoms with Crippen LogP contribution in [0.5, 0.6) is 0 Å². The molecule has 0 unspecified atom stereocenters. The molecule has 1 fully saturated rings. The molecular formula is C15H26O3. The third kappa shape index (κ3) is 5.32. The van der Waals surface area contributed by atoms with Crippen molar-refractivity contribution in [1.29, 1.82) is 0 Å². The molecule has 0 aromatic carbocycles. The Kier molecular flexibility index (Phi) is 6.58. The van der Waals surface area contributed by atoms with Crippen LogP contribution < -0.4 is 0 Å². The molecule has 18 heavy (non-hydrogen) atoms. The lowest BCUT2D eigenvalue weighted by molar-refractivity contribution is -0.146. The SMILES string of the molecule is CCCCC/C=C\C[C@H]1OC(C)(C)O[C@@H]1CC=O. The summed E-state index contributed by atoms with van der Waals surface area (Å²) in [6, 6.07) is 0. The lowest BCUT2D eigenvalue weighted by Crippen LogP contribution is -2.22. The van der Waals surface area contributed by atoms with Gasteiger partial charge in [0.25, 0.3) is 0 Å². The first kappa shape index (κ1) is 15.4. The zero-order valence-corrected chi connectivity index (χ0v) is 11.9. The van der Waals surface area contributed by atoms with Crippen LogP contribution in [0, 0.1) is 0 Å². The van der Waals surface area contributed by atoms with Crippen LogP contribution in [0.15, 0.2) is 12.2 Å². The summed E-state index contributed by atoms with van der Waals surface area (Å²) < 4.78 is 11.5. The van der Waals surface area contributed by atoms with E-state index in [-0.39, 0.29) is 12.2 Å². The van der Waals surface area contributed by atoms with Crippen molar-refractivity contribution in [2.75, 3.05) is 0 Å². The van der Waals surface area contributed by atoms with E-state index in [0.717, 1.165) is 19.1 Å². The van der Waals surface area contributed by atoms with Gasteiger partial charge in [0.05, 0.1) is 12.2 Å². The summed E-state index contributed by atoms with van der Waals surface area (Å²) >= 11 is 0. The van der Waals surface area contributed by atoms with E-state index in [2.05, 4.69) is 19.1 Å². The summed E-state index contributed by atoms with van der Waals surface area (Å²) in [5, 5.41) is 0. The maximum atomic E-state index is 10.6. The van der Waals surface area contributed by atoms with Gasteiger partial charge in [-0.2, -0.15) is 0 Å². The minimum atomic E-state index is -0.561. The van der Waals surface area contributed by atoms with Crippen LogP contribution in [-0.4, -0.2) is 24.3 Å². The number of carbonyl (C=O) groups is 1. The number of ether oxygens (including phenoxy) is 2. The van der Waals surface area contributed by atoms with E-state index < -0.39 is 5.79 Å². The van der Waals surface area contributed by atoms with E-state index in [4.69, 9.17) is 9.47 Å². The molecule has 1 aliphatic heterocycles. The molecule has 0 N–H and O–H groups in total. The number of unbranched alkanes of at least 4 members (excludes halogenated alkanes) is 3. The van der Waals surface area contributed by atoms with E-state index >= 15 is 0 Å². The fourth-order valence-electron chi connectivity index (χ4n) is 2.26. The molecule has 0 aromatic heterocycles. The van der Waals surface area contributed by atoms with Gasteiger partial charge in [-0.15, -0.1) is 0 Å². The zero-order valence-electron chi connectivity index (χ0n) is 11.9. The predicted molar refractivity (Wildman–Crippen MR) is 72.4 cm³/mol. The molecule has 104 valence electrons. The topological polar surface area (TPSA) is 35.5 Å². The lowest BCUT2D eigenvalue weighted by Gasteiger charge is -2.16. The number of hydrogen-bond donors (Lipinski definition) is 0. The van der Waals surface area contributed by atoms with E-state index in [9.17, 15) is 4.79 Å². The number of allylic oxidation sites excluding steroid dienone is 1. The third-order valence-electron chi connectivity index (χ3n) is 3.12. The van der Waals surface area contributed by atoms with Crippen molar-refractivity contribution in [3.8, 4) is 0 Å². The lowest BCUT2D eigenvalue weighted by atomic mass is 10.1. The number of hydrogen-bond acceptors (Lipinski definition) is 3.